The normalized spacial score (nSPS) is 13.0. The number of esters is 1. The molecule has 0 fully saturated rings. The molecule has 3 aromatic rings. The number of hydrogen-bond acceptors (Lipinski definition) is 5. The van der Waals surface area contributed by atoms with Gasteiger partial charge in [-0.3, -0.25) is 9.78 Å². The van der Waals surface area contributed by atoms with Crippen molar-refractivity contribution in [1.29, 1.82) is 0 Å². The third-order valence-electron chi connectivity index (χ3n) is 3.86. The van der Waals surface area contributed by atoms with E-state index in [1.165, 1.54) is 4.09 Å². The lowest BCUT2D eigenvalue weighted by Gasteiger charge is -2.19. The zero-order valence-electron chi connectivity index (χ0n) is 16.1. The monoisotopic (exact) mass is 385 g/mol. The maximum atomic E-state index is 13.0. The van der Waals surface area contributed by atoms with Gasteiger partial charge in [0.25, 0.3) is 0 Å². The number of fused-ring (bicyclic) bond motifs is 1. The van der Waals surface area contributed by atoms with Crippen LogP contribution in [-0.2, 0) is 27.3 Å². The first-order valence-electron chi connectivity index (χ1n) is 8.69. The van der Waals surface area contributed by atoms with E-state index in [1.54, 1.807) is 12.3 Å². The molecule has 0 aliphatic carbocycles. The van der Waals surface area contributed by atoms with Crippen molar-refractivity contribution in [3.8, 4) is 0 Å². The number of rotatable bonds is 4. The van der Waals surface area contributed by atoms with Gasteiger partial charge in [0.05, 0.1) is 12.1 Å². The van der Waals surface area contributed by atoms with E-state index in [4.69, 9.17) is 4.74 Å². The highest BCUT2D eigenvalue weighted by Gasteiger charge is 2.22. The van der Waals surface area contributed by atoms with Crippen LogP contribution in [0.5, 0.6) is 0 Å². The molecule has 0 saturated heterocycles. The van der Waals surface area contributed by atoms with Crippen LogP contribution >= 0.6 is 0 Å². The summed E-state index contributed by atoms with van der Waals surface area (Å²) in [4.78, 5) is 17.2. The van der Waals surface area contributed by atoms with Gasteiger partial charge in [0, 0.05) is 6.20 Å². The summed E-state index contributed by atoms with van der Waals surface area (Å²) in [6, 6.07) is 9.28. The summed E-state index contributed by atoms with van der Waals surface area (Å²) in [5, 5.41) is 4.41. The molecular weight excluding hydrogens is 362 g/mol. The highest BCUT2D eigenvalue weighted by Crippen LogP contribution is 2.23. The van der Waals surface area contributed by atoms with E-state index >= 15 is 0 Å². The average Bonchev–Trinajstić information content (AvgIpc) is 2.89. The molecule has 0 N–H and O–H groups in total. The van der Waals surface area contributed by atoms with Crippen LogP contribution in [0.1, 0.15) is 37.6 Å². The SMILES string of the molecule is Cc1ccc([S+]([O-])n2nc(C)c3ncc(CC(=O)OC(C)(C)C)cc32)cc1. The molecule has 7 heteroatoms. The number of pyridine rings is 1. The Bertz CT molecular complexity index is 975. The molecule has 6 nitrogen and oxygen atoms in total. The van der Waals surface area contributed by atoms with Gasteiger partial charge in [0.1, 0.15) is 28.0 Å². The number of nitrogens with zero attached hydrogens (tertiary/aromatic N) is 3. The van der Waals surface area contributed by atoms with Crippen molar-refractivity contribution in [3.05, 3.63) is 53.3 Å². The van der Waals surface area contributed by atoms with E-state index in [1.807, 2.05) is 58.9 Å². The fourth-order valence-electron chi connectivity index (χ4n) is 2.68. The van der Waals surface area contributed by atoms with Crippen molar-refractivity contribution in [2.24, 2.45) is 0 Å². The Kier molecular flexibility index (Phi) is 5.26. The summed E-state index contributed by atoms with van der Waals surface area (Å²) in [7, 11) is 0. The molecule has 0 aliphatic heterocycles. The maximum absolute atomic E-state index is 13.0. The molecule has 27 heavy (non-hydrogen) atoms. The molecule has 1 aromatic carbocycles. The molecule has 3 rings (SSSR count). The topological polar surface area (TPSA) is 80.1 Å². The number of hydrogen-bond donors (Lipinski definition) is 0. The molecule has 142 valence electrons. The molecular formula is C20H23N3O3S. The van der Waals surface area contributed by atoms with Gasteiger partial charge in [-0.15, -0.1) is 5.10 Å². The minimum atomic E-state index is -1.50. The van der Waals surface area contributed by atoms with Crippen LogP contribution in [0.15, 0.2) is 41.4 Å². The summed E-state index contributed by atoms with van der Waals surface area (Å²) >= 11 is -1.50. The van der Waals surface area contributed by atoms with E-state index in [0.717, 1.165) is 5.56 Å². The van der Waals surface area contributed by atoms with Crippen molar-refractivity contribution in [1.82, 2.24) is 14.2 Å². The van der Waals surface area contributed by atoms with E-state index in [2.05, 4.69) is 10.1 Å². The molecule has 0 saturated carbocycles. The predicted octanol–water partition coefficient (Wildman–Crippen LogP) is 3.50. The highest BCUT2D eigenvalue weighted by atomic mass is 32.2. The lowest BCUT2D eigenvalue weighted by Crippen LogP contribution is -2.25. The van der Waals surface area contributed by atoms with Crippen LogP contribution < -0.4 is 0 Å². The van der Waals surface area contributed by atoms with Crippen molar-refractivity contribution >= 4 is 28.4 Å². The maximum Gasteiger partial charge on any atom is 0.310 e. The molecule has 2 heterocycles. The van der Waals surface area contributed by atoms with Gasteiger partial charge in [-0.25, -0.2) is 0 Å². The Morgan fingerprint density at radius 3 is 2.52 bits per heavy atom. The predicted molar refractivity (Wildman–Crippen MR) is 105 cm³/mol. The Labute approximate surface area is 161 Å². The molecule has 1 unspecified atom stereocenters. The average molecular weight is 385 g/mol. The van der Waals surface area contributed by atoms with E-state index in [0.29, 0.717) is 27.2 Å². The number of carbonyl (C=O) groups excluding carboxylic acids is 1. The standard InChI is InChI=1S/C20H23N3O3S/c1-13-6-8-16(9-7-13)27(25)23-17-10-15(11-18(24)26-20(3,4)5)12-21-19(17)14(2)22-23/h6-10,12H,11H2,1-5H3. The van der Waals surface area contributed by atoms with Crippen molar-refractivity contribution < 1.29 is 14.1 Å². The summed E-state index contributed by atoms with van der Waals surface area (Å²) in [5.41, 5.74) is 3.24. The van der Waals surface area contributed by atoms with Gasteiger partial charge >= 0.3 is 5.97 Å². The summed E-state index contributed by atoms with van der Waals surface area (Å²) in [6.45, 7) is 9.29. The summed E-state index contributed by atoms with van der Waals surface area (Å²) < 4.78 is 19.8. The Morgan fingerprint density at radius 1 is 1.22 bits per heavy atom. The van der Waals surface area contributed by atoms with Crippen molar-refractivity contribution in [2.45, 2.75) is 51.5 Å². The minimum Gasteiger partial charge on any atom is -0.586 e. The summed E-state index contributed by atoms with van der Waals surface area (Å²) in [6.07, 6.45) is 1.74. The van der Waals surface area contributed by atoms with Gasteiger partial charge in [-0.05, 0) is 58.4 Å². The molecule has 0 radical (unpaired) electrons. The number of ether oxygens (including phenoxy) is 1. The van der Waals surface area contributed by atoms with Crippen LogP contribution in [0.25, 0.3) is 11.0 Å². The Hall–Kier alpha value is -2.38. The largest absolute Gasteiger partial charge is 0.586 e. The van der Waals surface area contributed by atoms with Gasteiger partial charge < -0.3 is 9.29 Å². The second-order valence-corrected chi connectivity index (χ2v) is 8.81. The van der Waals surface area contributed by atoms with E-state index < -0.39 is 17.0 Å². The quantitative estimate of drug-likeness (QED) is 0.507. The van der Waals surface area contributed by atoms with E-state index in [9.17, 15) is 9.35 Å². The lowest BCUT2D eigenvalue weighted by molar-refractivity contribution is -0.153. The number of carbonyl (C=O) groups is 1. The molecule has 0 aliphatic rings. The van der Waals surface area contributed by atoms with Crippen LogP contribution in [0, 0.1) is 13.8 Å². The van der Waals surface area contributed by atoms with Crippen molar-refractivity contribution in [3.63, 3.8) is 0 Å². The minimum absolute atomic E-state index is 0.0988. The molecule has 0 amide bonds. The van der Waals surface area contributed by atoms with Gasteiger partial charge in [0.2, 0.25) is 0 Å². The first kappa shape index (κ1) is 19.4. The number of aromatic nitrogens is 3. The van der Waals surface area contributed by atoms with E-state index in [-0.39, 0.29) is 12.4 Å². The number of benzene rings is 1. The number of aryl methyl sites for hydroxylation is 2. The fourth-order valence-corrected chi connectivity index (χ4v) is 3.76. The zero-order chi connectivity index (χ0) is 19.8. The Balaban J connectivity index is 1.94. The van der Waals surface area contributed by atoms with Crippen molar-refractivity contribution in [2.75, 3.05) is 0 Å². The van der Waals surface area contributed by atoms with Crippen LogP contribution in [0.2, 0.25) is 0 Å². The fraction of sp³-hybridized carbons (Fsp3) is 0.350. The van der Waals surface area contributed by atoms with Gasteiger partial charge in [0.15, 0.2) is 4.90 Å². The first-order valence-corrected chi connectivity index (χ1v) is 9.80. The van der Waals surface area contributed by atoms with Crippen LogP contribution in [0.4, 0.5) is 0 Å². The van der Waals surface area contributed by atoms with Crippen LogP contribution in [-0.4, -0.2) is 30.3 Å². The third-order valence-corrected chi connectivity index (χ3v) is 5.13. The highest BCUT2D eigenvalue weighted by molar-refractivity contribution is 7.90. The molecule has 0 spiro atoms. The second kappa shape index (κ2) is 7.32. The molecule has 0 bridgehead atoms. The molecule has 1 atom stereocenters. The second-order valence-electron chi connectivity index (χ2n) is 7.50. The Morgan fingerprint density at radius 2 is 1.89 bits per heavy atom. The zero-order valence-corrected chi connectivity index (χ0v) is 17.0. The third kappa shape index (κ3) is 4.48. The van der Waals surface area contributed by atoms with Crippen LogP contribution in [0.3, 0.4) is 0 Å². The van der Waals surface area contributed by atoms with Gasteiger partial charge in [-0.1, -0.05) is 21.8 Å². The molecule has 2 aromatic heterocycles. The smallest absolute Gasteiger partial charge is 0.310 e. The summed E-state index contributed by atoms with van der Waals surface area (Å²) in [5.74, 6) is -0.328. The first-order chi connectivity index (χ1) is 12.6. The van der Waals surface area contributed by atoms with Gasteiger partial charge in [-0.2, -0.15) is 0 Å². The lowest BCUT2D eigenvalue weighted by atomic mass is 10.1.